The summed E-state index contributed by atoms with van der Waals surface area (Å²) in [5, 5.41) is 7.10. The molecule has 10 heteroatoms. The number of nitrogens with two attached hydrogens (primary N) is 1. The first-order chi connectivity index (χ1) is 18.0. The van der Waals surface area contributed by atoms with E-state index in [1.165, 1.54) is 6.07 Å². The second kappa shape index (κ2) is 11.0. The average Bonchev–Trinajstić information content (AvgIpc) is 2.90. The zero-order valence-electron chi connectivity index (χ0n) is 20.9. The van der Waals surface area contributed by atoms with Crippen LogP contribution in [0.15, 0.2) is 54.7 Å². The van der Waals surface area contributed by atoms with E-state index in [0.29, 0.717) is 58.4 Å². The van der Waals surface area contributed by atoms with Crippen LogP contribution in [0.25, 0.3) is 22.0 Å². The van der Waals surface area contributed by atoms with Crippen molar-refractivity contribution < 1.29 is 13.9 Å². The molecule has 37 heavy (non-hydrogen) atoms. The number of pyridine rings is 1. The van der Waals surface area contributed by atoms with Crippen LogP contribution in [0.1, 0.15) is 11.8 Å². The molecule has 3 heterocycles. The zero-order valence-corrected chi connectivity index (χ0v) is 20.9. The van der Waals surface area contributed by atoms with Crippen LogP contribution in [0.3, 0.4) is 0 Å². The summed E-state index contributed by atoms with van der Waals surface area (Å²) in [7, 11) is 3.94. The number of morpholine rings is 1. The fraction of sp³-hybridized carbons (Fsp3) is 0.296. The smallest absolute Gasteiger partial charge is 0.229 e. The number of rotatable bonds is 8. The van der Waals surface area contributed by atoms with Gasteiger partial charge in [-0.15, -0.1) is 0 Å². The van der Waals surface area contributed by atoms with E-state index >= 15 is 0 Å². The van der Waals surface area contributed by atoms with Crippen LogP contribution in [0.4, 0.5) is 21.8 Å². The number of ether oxygens (including phenoxy) is 2. The fourth-order valence-corrected chi connectivity index (χ4v) is 4.15. The molecule has 2 aromatic heterocycles. The second-order valence-electron chi connectivity index (χ2n) is 9.09. The van der Waals surface area contributed by atoms with E-state index in [-0.39, 0.29) is 11.9 Å². The summed E-state index contributed by atoms with van der Waals surface area (Å²) in [5.74, 6) is 0.790. The third-order valence-corrected chi connectivity index (χ3v) is 6.09. The van der Waals surface area contributed by atoms with Crippen LogP contribution in [0, 0.1) is 5.82 Å². The number of aromatic nitrogens is 3. The van der Waals surface area contributed by atoms with E-state index in [2.05, 4.69) is 20.6 Å². The summed E-state index contributed by atoms with van der Waals surface area (Å²) >= 11 is 0. The second-order valence-corrected chi connectivity index (χ2v) is 9.09. The number of benzene rings is 2. The summed E-state index contributed by atoms with van der Waals surface area (Å²) < 4.78 is 26.6. The molecule has 1 fully saturated rings. The van der Waals surface area contributed by atoms with Crippen LogP contribution >= 0.6 is 0 Å². The van der Waals surface area contributed by atoms with Gasteiger partial charge in [-0.05, 0) is 50.5 Å². The maximum absolute atomic E-state index is 15.0. The van der Waals surface area contributed by atoms with Crippen molar-refractivity contribution in [2.75, 3.05) is 58.0 Å². The van der Waals surface area contributed by atoms with Crippen molar-refractivity contribution in [1.82, 2.24) is 25.2 Å². The Bertz CT molecular complexity index is 1380. The molecule has 0 saturated carbocycles. The van der Waals surface area contributed by atoms with Crippen molar-refractivity contribution in [2.45, 2.75) is 6.10 Å². The lowest BCUT2D eigenvalue weighted by Crippen LogP contribution is -2.33. The predicted octanol–water partition coefficient (Wildman–Crippen LogP) is 3.76. The molecule has 0 bridgehead atoms. The van der Waals surface area contributed by atoms with Crippen LogP contribution in [-0.2, 0) is 4.74 Å². The highest BCUT2D eigenvalue weighted by atomic mass is 19.1. The highest BCUT2D eigenvalue weighted by molar-refractivity contribution is 5.99. The minimum atomic E-state index is -0.377. The molecular formula is C27H30FN7O2. The minimum absolute atomic E-state index is 0.0737. The van der Waals surface area contributed by atoms with Gasteiger partial charge in [-0.3, -0.25) is 4.98 Å². The van der Waals surface area contributed by atoms with Crippen LogP contribution < -0.4 is 21.1 Å². The molecule has 0 spiro atoms. The Morgan fingerprint density at radius 3 is 2.81 bits per heavy atom. The predicted molar refractivity (Wildman–Crippen MR) is 142 cm³/mol. The van der Waals surface area contributed by atoms with E-state index in [4.69, 9.17) is 20.2 Å². The zero-order chi connectivity index (χ0) is 25.8. The highest BCUT2D eigenvalue weighted by Gasteiger charge is 2.18. The first-order valence-corrected chi connectivity index (χ1v) is 12.2. The Hall–Kier alpha value is -3.86. The van der Waals surface area contributed by atoms with Gasteiger partial charge in [0.1, 0.15) is 30.1 Å². The van der Waals surface area contributed by atoms with Gasteiger partial charge in [-0.2, -0.15) is 4.98 Å². The third kappa shape index (κ3) is 5.77. The minimum Gasteiger partial charge on any atom is -0.492 e. The standard InChI is InChI=1S/C27H30FN7O2/c1-35(2)11-13-36-18-7-8-22(28)21(14-18)19-4-3-5-20-25(19)33-27(34-26(20)29)32-17-6-9-23(31-15-17)24-16-30-10-12-37-24/h3-9,14-15,24,30H,10-13,16H2,1-2H3,(H3,29,32,33,34). The number of hydrogen-bond donors (Lipinski definition) is 3. The average molecular weight is 504 g/mol. The first kappa shape index (κ1) is 24.8. The number of nitrogens with one attached hydrogen (secondary N) is 2. The fourth-order valence-electron chi connectivity index (χ4n) is 4.15. The van der Waals surface area contributed by atoms with Crippen LogP contribution in [0.2, 0.25) is 0 Å². The molecule has 5 rings (SSSR count). The molecule has 1 saturated heterocycles. The van der Waals surface area contributed by atoms with Crippen molar-refractivity contribution in [3.05, 3.63) is 66.2 Å². The summed E-state index contributed by atoms with van der Waals surface area (Å²) in [6, 6.07) is 14.0. The van der Waals surface area contributed by atoms with Crippen molar-refractivity contribution in [1.29, 1.82) is 0 Å². The van der Waals surface area contributed by atoms with Crippen LogP contribution in [-0.4, -0.2) is 66.8 Å². The van der Waals surface area contributed by atoms with Crippen molar-refractivity contribution in [3.63, 3.8) is 0 Å². The van der Waals surface area contributed by atoms with Crippen molar-refractivity contribution in [3.8, 4) is 16.9 Å². The Labute approximate surface area is 214 Å². The molecule has 0 amide bonds. The Kier molecular flexibility index (Phi) is 7.40. The number of fused-ring (bicyclic) bond motifs is 1. The molecule has 192 valence electrons. The molecule has 1 aliphatic heterocycles. The lowest BCUT2D eigenvalue weighted by atomic mass is 10.0. The maximum atomic E-state index is 15.0. The number of halogens is 1. The first-order valence-electron chi connectivity index (χ1n) is 12.2. The van der Waals surface area contributed by atoms with Crippen molar-refractivity contribution >= 4 is 28.4 Å². The number of para-hydroxylation sites is 1. The molecule has 9 nitrogen and oxygen atoms in total. The van der Waals surface area contributed by atoms with E-state index in [9.17, 15) is 4.39 Å². The largest absolute Gasteiger partial charge is 0.492 e. The van der Waals surface area contributed by atoms with Gasteiger partial charge in [-0.1, -0.05) is 12.1 Å². The van der Waals surface area contributed by atoms with Gasteiger partial charge in [-0.25, -0.2) is 9.37 Å². The molecular weight excluding hydrogens is 473 g/mol. The molecule has 1 atom stereocenters. The SMILES string of the molecule is CN(C)CCOc1ccc(F)c(-c2cccc3c(N)nc(Nc4ccc(C5CNCCO5)nc4)nc23)c1. The lowest BCUT2D eigenvalue weighted by Gasteiger charge is -2.23. The lowest BCUT2D eigenvalue weighted by molar-refractivity contribution is 0.0250. The van der Waals surface area contributed by atoms with E-state index in [1.807, 2.05) is 49.3 Å². The van der Waals surface area contributed by atoms with Gasteiger partial charge in [0.15, 0.2) is 0 Å². The van der Waals surface area contributed by atoms with Gasteiger partial charge in [0.05, 0.1) is 29.7 Å². The van der Waals surface area contributed by atoms with Gasteiger partial charge in [0, 0.05) is 36.1 Å². The third-order valence-electron chi connectivity index (χ3n) is 6.09. The van der Waals surface area contributed by atoms with E-state index < -0.39 is 0 Å². The molecule has 4 N–H and O–H groups in total. The molecule has 4 aromatic rings. The molecule has 1 aliphatic rings. The van der Waals surface area contributed by atoms with Crippen molar-refractivity contribution in [2.24, 2.45) is 0 Å². The summed E-state index contributed by atoms with van der Waals surface area (Å²) in [4.78, 5) is 15.7. The quantitative estimate of drug-likeness (QED) is 0.331. The highest BCUT2D eigenvalue weighted by Crippen LogP contribution is 2.34. The van der Waals surface area contributed by atoms with Gasteiger partial charge in [0.2, 0.25) is 5.95 Å². The van der Waals surface area contributed by atoms with Gasteiger partial charge in [0.25, 0.3) is 0 Å². The summed E-state index contributed by atoms with van der Waals surface area (Å²) in [6.07, 6.45) is 1.63. The number of nitrogen functional groups attached to an aromatic ring is 1. The Morgan fingerprint density at radius 2 is 2.05 bits per heavy atom. The van der Waals surface area contributed by atoms with Gasteiger partial charge < -0.3 is 30.7 Å². The normalized spacial score (nSPS) is 15.7. The molecule has 0 aliphatic carbocycles. The topological polar surface area (TPSA) is 110 Å². The van der Waals surface area contributed by atoms with Gasteiger partial charge >= 0.3 is 0 Å². The molecule has 2 aromatic carbocycles. The Balaban J connectivity index is 1.44. The molecule has 0 radical (unpaired) electrons. The number of anilines is 3. The number of nitrogens with zero attached hydrogens (tertiary/aromatic N) is 4. The van der Waals surface area contributed by atoms with E-state index in [1.54, 1.807) is 18.3 Å². The monoisotopic (exact) mass is 503 g/mol. The number of likely N-dealkylation sites (N-methyl/N-ethyl adjacent to an activating group) is 1. The summed E-state index contributed by atoms with van der Waals surface area (Å²) in [5.41, 5.74) is 9.35. The maximum Gasteiger partial charge on any atom is 0.229 e. The van der Waals surface area contributed by atoms with Crippen LogP contribution in [0.5, 0.6) is 5.75 Å². The van der Waals surface area contributed by atoms with E-state index in [0.717, 1.165) is 25.3 Å². The molecule has 1 unspecified atom stereocenters. The summed E-state index contributed by atoms with van der Waals surface area (Å²) in [6.45, 7) is 3.47. The number of hydrogen-bond acceptors (Lipinski definition) is 9. The Morgan fingerprint density at radius 1 is 1.16 bits per heavy atom.